The Balaban J connectivity index is 3.29. The highest BCUT2D eigenvalue weighted by Gasteiger charge is 2.13. The third kappa shape index (κ3) is 7.98. The molecule has 0 radical (unpaired) electrons. The first kappa shape index (κ1) is 9.98. The fourth-order valence-corrected chi connectivity index (χ4v) is 0.666. The SMILES string of the molecule is C[N+](C)(C)CCO[P+](N)=O. The molecular weight excluding hydrogens is 151 g/mol. The van der Waals surface area contributed by atoms with E-state index in [0.29, 0.717) is 6.61 Å². The molecule has 0 aliphatic heterocycles. The van der Waals surface area contributed by atoms with E-state index >= 15 is 0 Å². The van der Waals surface area contributed by atoms with E-state index in [1.165, 1.54) is 0 Å². The molecule has 0 heterocycles. The summed E-state index contributed by atoms with van der Waals surface area (Å²) in [5.41, 5.74) is 4.90. The zero-order chi connectivity index (χ0) is 8.20. The first-order valence-electron chi connectivity index (χ1n) is 3.07. The number of hydrogen-bond acceptors (Lipinski definition) is 2. The van der Waals surface area contributed by atoms with Gasteiger partial charge >= 0.3 is 8.18 Å². The summed E-state index contributed by atoms with van der Waals surface area (Å²) in [5, 5.41) is 0. The maximum absolute atomic E-state index is 10.2. The predicted octanol–water partition coefficient (Wildman–Crippen LogP) is 0.325. The lowest BCUT2D eigenvalue weighted by atomic mass is 10.5. The van der Waals surface area contributed by atoms with Crippen molar-refractivity contribution in [3.8, 4) is 0 Å². The van der Waals surface area contributed by atoms with Gasteiger partial charge in [-0.15, -0.1) is 4.52 Å². The van der Waals surface area contributed by atoms with E-state index in [9.17, 15) is 4.57 Å². The van der Waals surface area contributed by atoms with Gasteiger partial charge in [0.1, 0.15) is 6.54 Å². The number of rotatable bonds is 4. The van der Waals surface area contributed by atoms with Crippen molar-refractivity contribution in [2.45, 2.75) is 0 Å². The van der Waals surface area contributed by atoms with Gasteiger partial charge in [0.25, 0.3) is 0 Å². The average molecular weight is 166 g/mol. The largest absolute Gasteiger partial charge is 0.610 e. The molecule has 10 heavy (non-hydrogen) atoms. The number of quaternary nitrogens is 1. The van der Waals surface area contributed by atoms with E-state index in [0.717, 1.165) is 11.0 Å². The van der Waals surface area contributed by atoms with Crippen molar-refractivity contribution < 1.29 is 13.6 Å². The van der Waals surface area contributed by atoms with Crippen molar-refractivity contribution in [2.24, 2.45) is 5.50 Å². The van der Waals surface area contributed by atoms with Gasteiger partial charge in [0, 0.05) is 0 Å². The van der Waals surface area contributed by atoms with Crippen LogP contribution in [-0.4, -0.2) is 38.8 Å². The standard InChI is InChI=1S/C5H15N2O2P/c1-7(2,3)4-5-9-10(6)8/h4-5H2,1-3H3,(H2,6,8)/q+2. The Bertz CT molecular complexity index is 121. The highest BCUT2D eigenvalue weighted by Crippen LogP contribution is 2.08. The highest BCUT2D eigenvalue weighted by atomic mass is 31.1. The summed E-state index contributed by atoms with van der Waals surface area (Å²) in [7, 11) is 4.19. The molecule has 0 saturated carbocycles. The number of nitrogens with two attached hydrogens (primary N) is 1. The molecule has 0 spiro atoms. The number of hydrogen-bond donors (Lipinski definition) is 1. The van der Waals surface area contributed by atoms with Crippen molar-refractivity contribution in [1.29, 1.82) is 0 Å². The summed E-state index contributed by atoms with van der Waals surface area (Å²) in [5.74, 6) is 0. The number of nitrogens with zero attached hydrogens (tertiary/aromatic N) is 1. The molecule has 0 aromatic rings. The molecule has 0 fully saturated rings. The third-order valence-corrected chi connectivity index (χ3v) is 1.42. The molecule has 0 bridgehead atoms. The van der Waals surface area contributed by atoms with Crippen LogP contribution >= 0.6 is 8.18 Å². The van der Waals surface area contributed by atoms with E-state index in [2.05, 4.69) is 4.52 Å². The van der Waals surface area contributed by atoms with Crippen LogP contribution in [0.4, 0.5) is 0 Å². The molecule has 0 aliphatic carbocycles. The third-order valence-electron chi connectivity index (χ3n) is 0.981. The first-order valence-corrected chi connectivity index (χ1v) is 4.32. The van der Waals surface area contributed by atoms with Crippen LogP contribution in [0.3, 0.4) is 0 Å². The van der Waals surface area contributed by atoms with Gasteiger partial charge in [0.15, 0.2) is 6.61 Å². The summed E-state index contributed by atoms with van der Waals surface area (Å²) in [6.45, 7) is 1.27. The molecule has 60 valence electrons. The smallest absolute Gasteiger partial charge is 0.329 e. The van der Waals surface area contributed by atoms with Gasteiger partial charge in [0.05, 0.1) is 21.1 Å². The van der Waals surface area contributed by atoms with Gasteiger partial charge in [-0.2, -0.15) is 0 Å². The summed E-state index contributed by atoms with van der Waals surface area (Å²) < 4.78 is 15.7. The van der Waals surface area contributed by atoms with Gasteiger partial charge in [0.2, 0.25) is 0 Å². The second-order valence-corrected chi connectivity index (χ2v) is 3.96. The molecule has 1 unspecified atom stereocenters. The quantitative estimate of drug-likeness (QED) is 0.483. The van der Waals surface area contributed by atoms with E-state index in [1.54, 1.807) is 0 Å². The second kappa shape index (κ2) is 3.98. The fourth-order valence-electron chi connectivity index (χ4n) is 0.405. The molecule has 0 rings (SSSR count). The van der Waals surface area contributed by atoms with Crippen LogP contribution < -0.4 is 5.50 Å². The van der Waals surface area contributed by atoms with Crippen LogP contribution in [0.25, 0.3) is 0 Å². The normalized spacial score (nSPS) is 13.4. The van der Waals surface area contributed by atoms with Gasteiger partial charge in [-0.05, 0) is 4.57 Å². The molecule has 0 aromatic heterocycles. The Morgan fingerprint density at radius 2 is 2.00 bits per heavy atom. The molecule has 0 aliphatic rings. The highest BCUT2D eigenvalue weighted by molar-refractivity contribution is 7.36. The second-order valence-electron chi connectivity index (χ2n) is 3.13. The Hall–Kier alpha value is -0.0200. The van der Waals surface area contributed by atoms with Crippen LogP contribution in [0.2, 0.25) is 0 Å². The monoisotopic (exact) mass is 166 g/mol. The Morgan fingerprint density at radius 3 is 2.30 bits per heavy atom. The first-order chi connectivity index (χ1) is 4.42. The molecule has 5 heteroatoms. The van der Waals surface area contributed by atoms with Crippen molar-refractivity contribution in [3.05, 3.63) is 0 Å². The van der Waals surface area contributed by atoms with Gasteiger partial charge in [-0.25, -0.2) is 0 Å². The van der Waals surface area contributed by atoms with Gasteiger partial charge < -0.3 is 4.48 Å². The maximum Gasteiger partial charge on any atom is 0.610 e. The van der Waals surface area contributed by atoms with Crippen molar-refractivity contribution in [1.82, 2.24) is 0 Å². The Labute approximate surface area is 62.5 Å². The van der Waals surface area contributed by atoms with Crippen molar-refractivity contribution in [2.75, 3.05) is 34.3 Å². The summed E-state index contributed by atoms with van der Waals surface area (Å²) in [6, 6.07) is 0. The van der Waals surface area contributed by atoms with Gasteiger partial charge in [-0.1, -0.05) is 5.50 Å². The molecule has 2 N–H and O–H groups in total. The van der Waals surface area contributed by atoms with Crippen LogP contribution in [0, 0.1) is 0 Å². The lowest BCUT2D eigenvalue weighted by Crippen LogP contribution is -2.37. The van der Waals surface area contributed by atoms with E-state index in [4.69, 9.17) is 5.50 Å². The molecule has 1 atom stereocenters. The Kier molecular flexibility index (Phi) is 3.98. The molecule has 4 nitrogen and oxygen atoms in total. The van der Waals surface area contributed by atoms with Crippen LogP contribution in [-0.2, 0) is 9.09 Å². The maximum atomic E-state index is 10.2. The lowest BCUT2D eigenvalue weighted by Gasteiger charge is -2.21. The van der Waals surface area contributed by atoms with Crippen molar-refractivity contribution in [3.63, 3.8) is 0 Å². The van der Waals surface area contributed by atoms with Crippen molar-refractivity contribution >= 4 is 8.18 Å². The minimum absolute atomic E-state index is 0.454. The summed E-state index contributed by atoms with van der Waals surface area (Å²) in [4.78, 5) is 0. The number of likely N-dealkylation sites (N-methyl/N-ethyl adjacent to an activating group) is 1. The van der Waals surface area contributed by atoms with Gasteiger partial charge in [-0.3, -0.25) is 0 Å². The molecule has 0 aromatic carbocycles. The molecular formula is C5H15N2O2P+2. The van der Waals surface area contributed by atoms with E-state index < -0.39 is 8.18 Å². The van der Waals surface area contributed by atoms with E-state index in [1.807, 2.05) is 21.1 Å². The minimum atomic E-state index is -1.91. The Morgan fingerprint density at radius 1 is 1.50 bits per heavy atom. The molecule has 0 amide bonds. The van der Waals surface area contributed by atoms with Crippen LogP contribution in [0.1, 0.15) is 0 Å². The van der Waals surface area contributed by atoms with Crippen LogP contribution in [0.5, 0.6) is 0 Å². The zero-order valence-electron chi connectivity index (χ0n) is 6.70. The zero-order valence-corrected chi connectivity index (χ0v) is 7.60. The predicted molar refractivity (Wildman–Crippen MR) is 40.6 cm³/mol. The minimum Gasteiger partial charge on any atom is -0.329 e. The van der Waals surface area contributed by atoms with Crippen LogP contribution in [0.15, 0.2) is 0 Å². The summed E-state index contributed by atoms with van der Waals surface area (Å²) >= 11 is 0. The van der Waals surface area contributed by atoms with E-state index in [-0.39, 0.29) is 0 Å². The molecule has 0 saturated heterocycles. The average Bonchev–Trinajstić information content (AvgIpc) is 1.59. The fraction of sp³-hybridized carbons (Fsp3) is 1.00. The lowest BCUT2D eigenvalue weighted by molar-refractivity contribution is -0.870. The summed E-state index contributed by atoms with van der Waals surface area (Å²) in [6.07, 6.45) is 0. The topological polar surface area (TPSA) is 52.3 Å².